The zero-order valence-corrected chi connectivity index (χ0v) is 13.5. The van der Waals surface area contributed by atoms with E-state index in [0.717, 1.165) is 12.4 Å². The minimum Gasteiger partial charge on any atom is -0.464 e. The maximum absolute atomic E-state index is 12.6. The zero-order valence-electron chi connectivity index (χ0n) is 13.5. The van der Waals surface area contributed by atoms with E-state index >= 15 is 0 Å². The van der Waals surface area contributed by atoms with Gasteiger partial charge in [-0.05, 0) is 13.8 Å². The lowest BCUT2D eigenvalue weighted by atomic mass is 10.0. The summed E-state index contributed by atoms with van der Waals surface area (Å²) in [5.74, 6) is -1.18. The first kappa shape index (κ1) is 17.1. The number of nitro groups is 1. The van der Waals surface area contributed by atoms with Crippen LogP contribution in [0.4, 0.5) is 11.4 Å². The summed E-state index contributed by atoms with van der Waals surface area (Å²) in [5, 5.41) is 21.1. The molecular formula is C13H16N6O5. The van der Waals surface area contributed by atoms with Crippen LogP contribution in [-0.4, -0.2) is 43.5 Å². The van der Waals surface area contributed by atoms with Gasteiger partial charge < -0.3 is 10.1 Å². The van der Waals surface area contributed by atoms with Gasteiger partial charge in [0.1, 0.15) is 17.9 Å². The van der Waals surface area contributed by atoms with Crippen LogP contribution in [0.1, 0.15) is 24.3 Å². The van der Waals surface area contributed by atoms with Crippen molar-refractivity contribution in [3.05, 3.63) is 34.4 Å². The molecule has 0 spiro atoms. The van der Waals surface area contributed by atoms with Gasteiger partial charge in [0.05, 0.1) is 23.9 Å². The Morgan fingerprint density at radius 1 is 1.33 bits per heavy atom. The number of aromatic nitrogens is 4. The normalized spacial score (nSPS) is 11.2. The van der Waals surface area contributed by atoms with E-state index in [1.165, 1.54) is 43.6 Å². The molecule has 0 atom stereocenters. The van der Waals surface area contributed by atoms with Crippen LogP contribution in [-0.2, 0) is 22.1 Å². The second-order valence-electron chi connectivity index (χ2n) is 5.44. The summed E-state index contributed by atoms with van der Waals surface area (Å²) in [4.78, 5) is 34.5. The molecule has 2 heterocycles. The lowest BCUT2D eigenvalue weighted by molar-refractivity contribution is -0.385. The number of esters is 1. The summed E-state index contributed by atoms with van der Waals surface area (Å²) < 4.78 is 7.10. The van der Waals surface area contributed by atoms with Crippen LogP contribution in [0.15, 0.2) is 18.6 Å². The summed E-state index contributed by atoms with van der Waals surface area (Å²) >= 11 is 0. The van der Waals surface area contributed by atoms with E-state index < -0.39 is 22.3 Å². The van der Waals surface area contributed by atoms with E-state index in [1.54, 1.807) is 0 Å². The van der Waals surface area contributed by atoms with Crippen molar-refractivity contribution in [3.8, 4) is 0 Å². The molecule has 0 aliphatic heterocycles. The van der Waals surface area contributed by atoms with Gasteiger partial charge in [-0.25, -0.2) is 4.79 Å². The molecule has 0 fully saturated rings. The fourth-order valence-electron chi connectivity index (χ4n) is 1.96. The molecule has 0 aliphatic carbocycles. The summed E-state index contributed by atoms with van der Waals surface area (Å²) in [6.07, 6.45) is 3.52. The second-order valence-corrected chi connectivity index (χ2v) is 5.44. The second kappa shape index (κ2) is 6.10. The predicted molar refractivity (Wildman–Crippen MR) is 81.4 cm³/mol. The predicted octanol–water partition coefficient (Wildman–Crippen LogP) is 0.685. The van der Waals surface area contributed by atoms with E-state index in [4.69, 9.17) is 0 Å². The van der Waals surface area contributed by atoms with E-state index in [-0.39, 0.29) is 17.1 Å². The molecule has 11 nitrogen and oxygen atoms in total. The molecule has 0 aromatic carbocycles. The maximum Gasteiger partial charge on any atom is 0.358 e. The third-order valence-electron chi connectivity index (χ3n) is 3.47. The van der Waals surface area contributed by atoms with Crippen molar-refractivity contribution in [2.24, 2.45) is 7.05 Å². The molecule has 0 saturated heterocycles. The molecule has 0 unspecified atom stereocenters. The van der Waals surface area contributed by atoms with Gasteiger partial charge in [-0.15, -0.1) is 0 Å². The fourth-order valence-corrected chi connectivity index (χ4v) is 1.96. The molecule has 0 aliphatic rings. The van der Waals surface area contributed by atoms with Crippen LogP contribution >= 0.6 is 0 Å². The van der Waals surface area contributed by atoms with Gasteiger partial charge in [-0.3, -0.25) is 24.3 Å². The van der Waals surface area contributed by atoms with Gasteiger partial charge in [-0.1, -0.05) is 0 Å². The Bertz CT molecular complexity index is 806. The minimum absolute atomic E-state index is 0.0769. The van der Waals surface area contributed by atoms with Crippen LogP contribution in [0.3, 0.4) is 0 Å². The number of carbonyl (C=O) groups is 2. The van der Waals surface area contributed by atoms with Crippen molar-refractivity contribution in [3.63, 3.8) is 0 Å². The molecule has 0 bridgehead atoms. The number of hydrogen-bond donors (Lipinski definition) is 1. The van der Waals surface area contributed by atoms with E-state index in [9.17, 15) is 19.7 Å². The van der Waals surface area contributed by atoms with Gasteiger partial charge >= 0.3 is 11.7 Å². The number of carbonyl (C=O) groups excluding carboxylic acids is 2. The number of amides is 1. The summed E-state index contributed by atoms with van der Waals surface area (Å²) in [5.41, 5.74) is -1.22. The lowest BCUT2D eigenvalue weighted by Crippen LogP contribution is -2.40. The van der Waals surface area contributed by atoms with Gasteiger partial charge in [0, 0.05) is 7.05 Å². The third-order valence-corrected chi connectivity index (χ3v) is 3.47. The van der Waals surface area contributed by atoms with E-state index in [1.807, 2.05) is 0 Å². The number of nitrogens with zero attached hydrogens (tertiary/aromatic N) is 5. The number of hydrogen-bond acceptors (Lipinski definition) is 7. The average Bonchev–Trinajstić information content (AvgIpc) is 3.14. The van der Waals surface area contributed by atoms with Crippen molar-refractivity contribution in [1.29, 1.82) is 0 Å². The first-order valence-electron chi connectivity index (χ1n) is 6.79. The number of ether oxygens (including phenoxy) is 1. The lowest BCUT2D eigenvalue weighted by Gasteiger charge is -2.23. The molecular weight excluding hydrogens is 320 g/mol. The van der Waals surface area contributed by atoms with Crippen LogP contribution in [0, 0.1) is 10.1 Å². The molecule has 1 amide bonds. The van der Waals surface area contributed by atoms with Crippen molar-refractivity contribution >= 4 is 23.3 Å². The standard InChI is InChI=1S/C13H16N6O5/c1-13(2,18-7-8(5-15-18)19(22)23)12(21)16-9-6-14-17(3)10(9)11(20)24-4/h5-7H,1-4H3,(H,16,21). The molecule has 128 valence electrons. The summed E-state index contributed by atoms with van der Waals surface area (Å²) in [6.45, 7) is 3.07. The number of anilines is 1. The highest BCUT2D eigenvalue weighted by molar-refractivity contribution is 6.02. The van der Waals surface area contributed by atoms with Gasteiger partial charge in [0.25, 0.3) is 5.91 Å². The topological polar surface area (TPSA) is 134 Å². The molecule has 2 aromatic rings. The maximum atomic E-state index is 12.6. The Labute approximate surface area is 136 Å². The van der Waals surface area contributed by atoms with Crippen LogP contribution in [0.5, 0.6) is 0 Å². The minimum atomic E-state index is -1.24. The molecule has 0 radical (unpaired) electrons. The Morgan fingerprint density at radius 2 is 2.00 bits per heavy atom. The van der Waals surface area contributed by atoms with E-state index in [2.05, 4.69) is 20.3 Å². The van der Waals surface area contributed by atoms with Gasteiger partial charge in [0.2, 0.25) is 0 Å². The monoisotopic (exact) mass is 336 g/mol. The SMILES string of the molecule is COC(=O)c1c(NC(=O)C(C)(C)n2cc([N+](=O)[O-])cn2)cnn1C. The Morgan fingerprint density at radius 3 is 2.54 bits per heavy atom. The highest BCUT2D eigenvalue weighted by Crippen LogP contribution is 2.22. The van der Waals surface area contributed by atoms with Crippen molar-refractivity contribution in [2.75, 3.05) is 12.4 Å². The van der Waals surface area contributed by atoms with Gasteiger partial charge in [-0.2, -0.15) is 10.2 Å². The van der Waals surface area contributed by atoms with Crippen molar-refractivity contribution < 1.29 is 19.2 Å². The smallest absolute Gasteiger partial charge is 0.358 e. The summed E-state index contributed by atoms with van der Waals surface area (Å²) in [7, 11) is 2.75. The number of methoxy groups -OCH3 is 1. The number of aryl methyl sites for hydroxylation is 1. The van der Waals surface area contributed by atoms with E-state index in [0.29, 0.717) is 0 Å². The quantitative estimate of drug-likeness (QED) is 0.482. The van der Waals surface area contributed by atoms with Crippen molar-refractivity contribution in [2.45, 2.75) is 19.4 Å². The zero-order chi connectivity index (χ0) is 18.1. The largest absolute Gasteiger partial charge is 0.464 e. The number of rotatable bonds is 5. The Kier molecular flexibility index (Phi) is 4.35. The van der Waals surface area contributed by atoms with Gasteiger partial charge in [0.15, 0.2) is 5.69 Å². The van der Waals surface area contributed by atoms with Crippen LogP contribution < -0.4 is 5.32 Å². The Hall–Kier alpha value is -3.24. The van der Waals surface area contributed by atoms with Crippen molar-refractivity contribution in [1.82, 2.24) is 19.6 Å². The first-order valence-corrected chi connectivity index (χ1v) is 6.79. The molecule has 24 heavy (non-hydrogen) atoms. The molecule has 1 N–H and O–H groups in total. The molecule has 11 heteroatoms. The number of nitrogens with one attached hydrogen (secondary N) is 1. The van der Waals surface area contributed by atoms with Crippen LogP contribution in [0.2, 0.25) is 0 Å². The summed E-state index contributed by atoms with van der Waals surface area (Å²) in [6, 6.07) is 0. The average molecular weight is 336 g/mol. The Balaban J connectivity index is 2.28. The highest BCUT2D eigenvalue weighted by Gasteiger charge is 2.33. The first-order chi connectivity index (χ1) is 11.2. The molecule has 2 rings (SSSR count). The van der Waals surface area contributed by atoms with Crippen LogP contribution in [0.25, 0.3) is 0 Å². The third kappa shape index (κ3) is 2.95. The molecule has 2 aromatic heterocycles. The highest BCUT2D eigenvalue weighted by atomic mass is 16.6. The fraction of sp³-hybridized carbons (Fsp3) is 0.385. The molecule has 0 saturated carbocycles.